The first-order valence-corrected chi connectivity index (χ1v) is 10.8. The van der Waals surface area contributed by atoms with Crippen molar-refractivity contribution in [3.8, 4) is 10.6 Å². The van der Waals surface area contributed by atoms with Crippen molar-refractivity contribution in [1.29, 1.82) is 0 Å². The lowest BCUT2D eigenvalue weighted by atomic mass is 10.1. The van der Waals surface area contributed by atoms with Crippen molar-refractivity contribution in [2.75, 3.05) is 11.9 Å². The summed E-state index contributed by atoms with van der Waals surface area (Å²) in [5.74, 6) is -5.96. The zero-order valence-electron chi connectivity index (χ0n) is 17.5. The minimum Gasteiger partial charge on any atom is -0.343 e. The van der Waals surface area contributed by atoms with Crippen LogP contribution >= 0.6 is 11.3 Å². The Balaban J connectivity index is 1.58. The van der Waals surface area contributed by atoms with Crippen molar-refractivity contribution in [3.05, 3.63) is 64.9 Å². The third-order valence-corrected chi connectivity index (χ3v) is 5.69. The molecule has 2 N–H and O–H groups in total. The zero-order chi connectivity index (χ0) is 23.7. The fourth-order valence-corrected chi connectivity index (χ4v) is 3.89. The Hall–Kier alpha value is -3.73. The van der Waals surface area contributed by atoms with Crippen LogP contribution < -0.4 is 10.6 Å². The van der Waals surface area contributed by atoms with E-state index in [-0.39, 0.29) is 11.6 Å². The van der Waals surface area contributed by atoms with Gasteiger partial charge in [-0.1, -0.05) is 6.07 Å². The topological polar surface area (TPSA) is 88.9 Å². The average molecular weight is 473 g/mol. The zero-order valence-corrected chi connectivity index (χ0v) is 18.3. The quantitative estimate of drug-likeness (QED) is 0.403. The third-order valence-electron chi connectivity index (χ3n) is 4.79. The summed E-state index contributed by atoms with van der Waals surface area (Å²) in [5, 5.41) is 11.3. The fraction of sp³-hybridized carbons (Fsp3) is 0.182. The van der Waals surface area contributed by atoms with Gasteiger partial charge in [0, 0.05) is 6.04 Å². The lowest BCUT2D eigenvalue weighted by Gasteiger charge is -2.11. The van der Waals surface area contributed by atoms with Gasteiger partial charge >= 0.3 is 0 Å². The molecule has 0 radical (unpaired) electrons. The second-order valence-electron chi connectivity index (χ2n) is 7.41. The number of amides is 2. The second kappa shape index (κ2) is 9.02. The number of rotatable bonds is 6. The van der Waals surface area contributed by atoms with E-state index in [2.05, 4.69) is 20.7 Å². The Kier molecular flexibility index (Phi) is 6.14. The predicted octanol–water partition coefficient (Wildman–Crippen LogP) is 4.53. The van der Waals surface area contributed by atoms with E-state index in [0.29, 0.717) is 22.8 Å². The lowest BCUT2D eigenvalue weighted by molar-refractivity contribution is -0.115. The van der Waals surface area contributed by atoms with Gasteiger partial charge in [-0.2, -0.15) is 5.10 Å². The van der Waals surface area contributed by atoms with E-state index in [1.54, 1.807) is 10.7 Å². The van der Waals surface area contributed by atoms with Crippen molar-refractivity contribution < 1.29 is 22.8 Å². The molecule has 2 amide bonds. The van der Waals surface area contributed by atoms with E-state index in [0.717, 1.165) is 10.9 Å². The molecule has 0 bridgehead atoms. The first-order valence-electron chi connectivity index (χ1n) is 9.90. The number of thiophene rings is 1. The van der Waals surface area contributed by atoms with Gasteiger partial charge in [0.15, 0.2) is 23.1 Å². The van der Waals surface area contributed by atoms with Crippen molar-refractivity contribution in [2.24, 2.45) is 0 Å². The van der Waals surface area contributed by atoms with Crippen LogP contribution in [0.1, 0.15) is 30.2 Å². The van der Waals surface area contributed by atoms with Gasteiger partial charge in [-0.25, -0.2) is 22.8 Å². The number of aromatic nitrogens is 3. The Labute approximate surface area is 190 Å². The molecule has 170 valence electrons. The number of halogens is 3. The van der Waals surface area contributed by atoms with Gasteiger partial charge in [0.05, 0.1) is 39.9 Å². The summed E-state index contributed by atoms with van der Waals surface area (Å²) in [6.07, 6.45) is 1.53. The van der Waals surface area contributed by atoms with Crippen molar-refractivity contribution in [2.45, 2.75) is 19.9 Å². The molecule has 4 rings (SSSR count). The monoisotopic (exact) mass is 473 g/mol. The van der Waals surface area contributed by atoms with Crippen LogP contribution in [-0.4, -0.2) is 33.1 Å². The molecule has 1 aromatic carbocycles. The van der Waals surface area contributed by atoms with Crippen LogP contribution in [0, 0.1) is 17.5 Å². The molecule has 0 aliphatic rings. The fourth-order valence-electron chi connectivity index (χ4n) is 3.21. The molecule has 0 atom stereocenters. The molecular weight excluding hydrogens is 455 g/mol. The highest BCUT2D eigenvalue weighted by Gasteiger charge is 2.20. The molecule has 11 heteroatoms. The summed E-state index contributed by atoms with van der Waals surface area (Å²) < 4.78 is 41.9. The molecule has 0 spiro atoms. The maximum atomic E-state index is 13.8. The third kappa shape index (κ3) is 4.44. The van der Waals surface area contributed by atoms with Crippen molar-refractivity contribution >= 4 is 39.9 Å². The number of carbonyl (C=O) groups is 2. The van der Waals surface area contributed by atoms with E-state index in [4.69, 9.17) is 0 Å². The average Bonchev–Trinajstić information content (AvgIpc) is 3.47. The molecule has 3 heterocycles. The number of anilines is 1. The van der Waals surface area contributed by atoms with Crippen LogP contribution in [0.15, 0.2) is 41.9 Å². The molecular formula is C22H18F3N5O2S. The highest BCUT2D eigenvalue weighted by Crippen LogP contribution is 2.29. The first kappa shape index (κ1) is 22.5. The van der Waals surface area contributed by atoms with E-state index < -0.39 is 41.5 Å². The number of fused-ring (bicyclic) bond motifs is 1. The first-order chi connectivity index (χ1) is 15.8. The Morgan fingerprint density at radius 2 is 1.94 bits per heavy atom. The Bertz CT molecular complexity index is 1350. The molecule has 0 aliphatic carbocycles. The Morgan fingerprint density at radius 1 is 1.15 bits per heavy atom. The van der Waals surface area contributed by atoms with Gasteiger partial charge in [0.1, 0.15) is 0 Å². The van der Waals surface area contributed by atoms with Crippen LogP contribution in [0.5, 0.6) is 0 Å². The van der Waals surface area contributed by atoms with Crippen LogP contribution in [-0.2, 0) is 4.79 Å². The van der Waals surface area contributed by atoms with Gasteiger partial charge < -0.3 is 10.6 Å². The van der Waals surface area contributed by atoms with E-state index in [9.17, 15) is 22.8 Å². The number of benzene rings is 1. The Morgan fingerprint density at radius 3 is 2.64 bits per heavy atom. The summed E-state index contributed by atoms with van der Waals surface area (Å²) in [6.45, 7) is 3.36. The number of carbonyl (C=O) groups excluding carboxylic acids is 2. The minimum atomic E-state index is -1.70. The molecule has 0 saturated heterocycles. The number of hydrogen-bond donors (Lipinski definition) is 2. The molecule has 0 saturated carbocycles. The van der Waals surface area contributed by atoms with Crippen LogP contribution in [0.4, 0.5) is 18.9 Å². The van der Waals surface area contributed by atoms with Crippen LogP contribution in [0.25, 0.3) is 21.6 Å². The van der Waals surface area contributed by atoms with Crippen LogP contribution in [0.3, 0.4) is 0 Å². The number of hydrogen-bond acceptors (Lipinski definition) is 5. The molecule has 4 aromatic rings. The molecule has 0 fully saturated rings. The van der Waals surface area contributed by atoms with Gasteiger partial charge in [-0.05, 0) is 43.5 Å². The number of nitrogens with zero attached hydrogens (tertiary/aromatic N) is 3. The standard InChI is InChI=1S/C22H18F3N5O2S/c1-11(2)30-21-13(9-27-30)12(8-16(29-21)17-4-3-7-33-17)22(32)26-10-18(31)28-15-6-5-14(23)19(24)20(15)25/h3-9,11H,10H2,1-2H3,(H,26,32)(H,28,31). The highest BCUT2D eigenvalue weighted by atomic mass is 32.1. The smallest absolute Gasteiger partial charge is 0.252 e. The summed E-state index contributed by atoms with van der Waals surface area (Å²) >= 11 is 1.46. The molecule has 0 aliphatic heterocycles. The SMILES string of the molecule is CC(C)n1ncc2c(C(=O)NCC(=O)Nc3ccc(F)c(F)c3F)cc(-c3cccs3)nc21. The van der Waals surface area contributed by atoms with Gasteiger partial charge in [0.2, 0.25) is 5.91 Å². The van der Waals surface area contributed by atoms with Crippen molar-refractivity contribution in [1.82, 2.24) is 20.1 Å². The summed E-state index contributed by atoms with van der Waals surface area (Å²) in [6, 6.07) is 6.95. The maximum absolute atomic E-state index is 13.8. The van der Waals surface area contributed by atoms with Gasteiger partial charge in [-0.3, -0.25) is 9.59 Å². The van der Waals surface area contributed by atoms with Gasteiger partial charge in [-0.15, -0.1) is 11.3 Å². The summed E-state index contributed by atoms with van der Waals surface area (Å²) in [7, 11) is 0. The van der Waals surface area contributed by atoms with E-state index in [1.165, 1.54) is 17.5 Å². The molecule has 7 nitrogen and oxygen atoms in total. The summed E-state index contributed by atoms with van der Waals surface area (Å²) in [5.41, 5.74) is 0.840. The highest BCUT2D eigenvalue weighted by molar-refractivity contribution is 7.13. The maximum Gasteiger partial charge on any atom is 0.252 e. The largest absolute Gasteiger partial charge is 0.343 e. The van der Waals surface area contributed by atoms with Gasteiger partial charge in [0.25, 0.3) is 5.91 Å². The lowest BCUT2D eigenvalue weighted by Crippen LogP contribution is -2.33. The molecule has 3 aromatic heterocycles. The number of pyridine rings is 1. The summed E-state index contributed by atoms with van der Waals surface area (Å²) in [4.78, 5) is 30.6. The molecule has 0 unspecified atom stereocenters. The van der Waals surface area contributed by atoms with E-state index >= 15 is 0 Å². The van der Waals surface area contributed by atoms with Crippen LogP contribution in [0.2, 0.25) is 0 Å². The minimum absolute atomic E-state index is 0.00118. The number of nitrogens with one attached hydrogen (secondary N) is 2. The molecule has 33 heavy (non-hydrogen) atoms. The van der Waals surface area contributed by atoms with Crippen molar-refractivity contribution in [3.63, 3.8) is 0 Å². The second-order valence-corrected chi connectivity index (χ2v) is 8.35. The van der Waals surface area contributed by atoms with E-state index in [1.807, 2.05) is 31.4 Å². The normalized spacial score (nSPS) is 11.2. The predicted molar refractivity (Wildman–Crippen MR) is 119 cm³/mol.